The largest absolute Gasteiger partial charge is 0.487 e. The summed E-state index contributed by atoms with van der Waals surface area (Å²) in [6, 6.07) is 8.36. The molecular formula is C14H21NO. The number of benzene rings is 1. The molecule has 1 heterocycles. The van der Waals surface area contributed by atoms with Crippen LogP contribution < -0.4 is 9.64 Å². The molecule has 2 nitrogen and oxygen atoms in total. The van der Waals surface area contributed by atoms with Crippen molar-refractivity contribution in [2.75, 3.05) is 18.0 Å². The van der Waals surface area contributed by atoms with Crippen molar-refractivity contribution < 1.29 is 4.74 Å². The molecule has 1 unspecified atom stereocenters. The van der Waals surface area contributed by atoms with Crippen LogP contribution in [0.15, 0.2) is 24.3 Å². The number of para-hydroxylation sites is 2. The molecule has 1 atom stereocenters. The monoisotopic (exact) mass is 219 g/mol. The summed E-state index contributed by atoms with van der Waals surface area (Å²) in [5.74, 6) is 1.04. The van der Waals surface area contributed by atoms with Gasteiger partial charge >= 0.3 is 0 Å². The second kappa shape index (κ2) is 5.24. The Morgan fingerprint density at radius 1 is 1.31 bits per heavy atom. The standard InChI is InChI=1S/C14H21NO/c1-3-4-7-10-15-11-12(2)16-14-9-6-5-8-13(14)15/h5-6,8-9,12H,3-4,7,10-11H2,1-2H3. The Hall–Kier alpha value is -1.18. The Labute approximate surface area is 98.2 Å². The summed E-state index contributed by atoms with van der Waals surface area (Å²) < 4.78 is 5.83. The van der Waals surface area contributed by atoms with Gasteiger partial charge < -0.3 is 9.64 Å². The van der Waals surface area contributed by atoms with Gasteiger partial charge in [0.1, 0.15) is 11.9 Å². The Kier molecular flexibility index (Phi) is 3.70. The number of fused-ring (bicyclic) bond motifs is 1. The van der Waals surface area contributed by atoms with Gasteiger partial charge in [0.2, 0.25) is 0 Å². The zero-order valence-electron chi connectivity index (χ0n) is 10.3. The smallest absolute Gasteiger partial charge is 0.143 e. The summed E-state index contributed by atoms with van der Waals surface area (Å²) in [4.78, 5) is 2.46. The molecule has 0 fully saturated rings. The fraction of sp³-hybridized carbons (Fsp3) is 0.571. The molecule has 0 aliphatic carbocycles. The van der Waals surface area contributed by atoms with Crippen LogP contribution in [0.25, 0.3) is 0 Å². The van der Waals surface area contributed by atoms with Gasteiger partial charge in [-0.05, 0) is 25.5 Å². The van der Waals surface area contributed by atoms with Gasteiger partial charge in [0.05, 0.1) is 12.2 Å². The van der Waals surface area contributed by atoms with Gasteiger partial charge in [0, 0.05) is 6.54 Å². The Bertz CT molecular complexity index is 337. The predicted molar refractivity (Wildman–Crippen MR) is 68.3 cm³/mol. The molecule has 0 spiro atoms. The van der Waals surface area contributed by atoms with Crippen LogP contribution in [0.5, 0.6) is 5.75 Å². The van der Waals surface area contributed by atoms with Crippen LogP contribution in [0.2, 0.25) is 0 Å². The van der Waals surface area contributed by atoms with Gasteiger partial charge in [0.15, 0.2) is 0 Å². The van der Waals surface area contributed by atoms with Crippen LogP contribution in [0.3, 0.4) is 0 Å². The van der Waals surface area contributed by atoms with Crippen LogP contribution in [0.1, 0.15) is 33.1 Å². The van der Waals surface area contributed by atoms with E-state index in [4.69, 9.17) is 4.74 Å². The average Bonchev–Trinajstić information content (AvgIpc) is 2.29. The third-order valence-corrected chi connectivity index (χ3v) is 3.04. The minimum absolute atomic E-state index is 0.302. The van der Waals surface area contributed by atoms with Crippen molar-refractivity contribution in [1.29, 1.82) is 0 Å². The Morgan fingerprint density at radius 3 is 2.94 bits per heavy atom. The van der Waals surface area contributed by atoms with Crippen molar-refractivity contribution in [2.45, 2.75) is 39.2 Å². The second-order valence-corrected chi connectivity index (χ2v) is 4.55. The number of hydrogen-bond donors (Lipinski definition) is 0. The molecule has 0 radical (unpaired) electrons. The second-order valence-electron chi connectivity index (χ2n) is 4.55. The van der Waals surface area contributed by atoms with Gasteiger partial charge in [-0.25, -0.2) is 0 Å². The van der Waals surface area contributed by atoms with E-state index >= 15 is 0 Å². The molecule has 0 aromatic heterocycles. The Balaban J connectivity index is 2.07. The third kappa shape index (κ3) is 2.49. The molecule has 1 aromatic carbocycles. The highest BCUT2D eigenvalue weighted by Gasteiger charge is 2.21. The van der Waals surface area contributed by atoms with Crippen molar-refractivity contribution >= 4 is 5.69 Å². The van der Waals surface area contributed by atoms with Gasteiger partial charge in [0.25, 0.3) is 0 Å². The molecule has 2 heteroatoms. The molecule has 0 saturated heterocycles. The van der Waals surface area contributed by atoms with Crippen LogP contribution in [-0.2, 0) is 0 Å². The number of rotatable bonds is 4. The van der Waals surface area contributed by atoms with Gasteiger partial charge in [-0.3, -0.25) is 0 Å². The van der Waals surface area contributed by atoms with Crippen LogP contribution in [0.4, 0.5) is 5.69 Å². The van der Waals surface area contributed by atoms with E-state index in [0.717, 1.165) is 18.8 Å². The van der Waals surface area contributed by atoms with E-state index in [1.807, 2.05) is 6.07 Å². The maximum absolute atomic E-state index is 5.83. The predicted octanol–water partition coefficient (Wildman–Crippen LogP) is 3.46. The van der Waals surface area contributed by atoms with Crippen molar-refractivity contribution in [1.82, 2.24) is 0 Å². The lowest BCUT2D eigenvalue weighted by Crippen LogP contribution is -2.38. The molecule has 0 bridgehead atoms. The van der Waals surface area contributed by atoms with Crippen LogP contribution in [-0.4, -0.2) is 19.2 Å². The maximum atomic E-state index is 5.83. The molecular weight excluding hydrogens is 198 g/mol. The molecule has 1 aliphatic rings. The normalized spacial score (nSPS) is 19.1. The van der Waals surface area contributed by atoms with E-state index in [-0.39, 0.29) is 0 Å². The fourth-order valence-corrected chi connectivity index (χ4v) is 2.25. The van der Waals surface area contributed by atoms with Crippen molar-refractivity contribution in [3.05, 3.63) is 24.3 Å². The zero-order valence-corrected chi connectivity index (χ0v) is 10.3. The molecule has 16 heavy (non-hydrogen) atoms. The average molecular weight is 219 g/mol. The van der Waals surface area contributed by atoms with E-state index in [0.29, 0.717) is 6.10 Å². The summed E-state index contributed by atoms with van der Waals surface area (Å²) in [6.45, 7) is 6.55. The minimum Gasteiger partial charge on any atom is -0.487 e. The van der Waals surface area contributed by atoms with Crippen LogP contribution in [0, 0.1) is 0 Å². The number of unbranched alkanes of at least 4 members (excludes halogenated alkanes) is 2. The lowest BCUT2D eigenvalue weighted by atomic mass is 10.1. The highest BCUT2D eigenvalue weighted by molar-refractivity contribution is 5.59. The van der Waals surface area contributed by atoms with E-state index in [1.54, 1.807) is 0 Å². The van der Waals surface area contributed by atoms with Gasteiger partial charge in [-0.1, -0.05) is 31.9 Å². The summed E-state index contributed by atoms with van der Waals surface area (Å²) in [7, 11) is 0. The summed E-state index contributed by atoms with van der Waals surface area (Å²) >= 11 is 0. The topological polar surface area (TPSA) is 12.5 Å². The fourth-order valence-electron chi connectivity index (χ4n) is 2.25. The Morgan fingerprint density at radius 2 is 2.12 bits per heavy atom. The molecule has 1 aliphatic heterocycles. The molecule has 88 valence electrons. The van der Waals surface area contributed by atoms with Crippen molar-refractivity contribution in [3.63, 3.8) is 0 Å². The van der Waals surface area contributed by atoms with E-state index in [2.05, 4.69) is 36.9 Å². The van der Waals surface area contributed by atoms with Crippen molar-refractivity contribution in [3.8, 4) is 5.75 Å². The van der Waals surface area contributed by atoms with E-state index in [1.165, 1.54) is 24.9 Å². The first-order chi connectivity index (χ1) is 7.81. The molecule has 0 saturated carbocycles. The molecule has 1 aromatic rings. The number of anilines is 1. The summed E-state index contributed by atoms with van der Waals surface area (Å²) in [6.07, 6.45) is 4.17. The minimum atomic E-state index is 0.302. The van der Waals surface area contributed by atoms with E-state index < -0.39 is 0 Å². The number of ether oxygens (including phenoxy) is 1. The lowest BCUT2D eigenvalue weighted by molar-refractivity contribution is 0.212. The van der Waals surface area contributed by atoms with Crippen molar-refractivity contribution in [2.24, 2.45) is 0 Å². The quantitative estimate of drug-likeness (QED) is 0.719. The summed E-state index contributed by atoms with van der Waals surface area (Å²) in [5, 5.41) is 0. The van der Waals surface area contributed by atoms with E-state index in [9.17, 15) is 0 Å². The highest BCUT2D eigenvalue weighted by atomic mass is 16.5. The zero-order chi connectivity index (χ0) is 11.4. The SMILES string of the molecule is CCCCCN1CC(C)Oc2ccccc21. The lowest BCUT2D eigenvalue weighted by Gasteiger charge is -2.35. The number of nitrogens with zero attached hydrogens (tertiary/aromatic N) is 1. The first-order valence-corrected chi connectivity index (χ1v) is 6.32. The van der Waals surface area contributed by atoms with Crippen LogP contribution >= 0.6 is 0 Å². The first kappa shape index (κ1) is 11.3. The third-order valence-electron chi connectivity index (χ3n) is 3.04. The molecule has 0 N–H and O–H groups in total. The molecule has 2 rings (SSSR count). The highest BCUT2D eigenvalue weighted by Crippen LogP contribution is 2.32. The van der Waals surface area contributed by atoms with Gasteiger partial charge in [-0.15, -0.1) is 0 Å². The number of hydrogen-bond acceptors (Lipinski definition) is 2. The molecule has 0 amide bonds. The maximum Gasteiger partial charge on any atom is 0.143 e. The first-order valence-electron chi connectivity index (χ1n) is 6.32. The van der Waals surface area contributed by atoms with Gasteiger partial charge in [-0.2, -0.15) is 0 Å². The summed E-state index contributed by atoms with van der Waals surface area (Å²) in [5.41, 5.74) is 1.26.